The normalized spacial score (nSPS) is 30.5. The summed E-state index contributed by atoms with van der Waals surface area (Å²) in [4.78, 5) is 21.0. The van der Waals surface area contributed by atoms with Crippen LogP contribution in [0.15, 0.2) is 0 Å². The molecule has 0 spiro atoms. The molecule has 0 aromatic rings. The maximum atomic E-state index is 11.0. The molecule has 8 heteroatoms. The van der Waals surface area contributed by atoms with E-state index in [1.807, 2.05) is 0 Å². The summed E-state index contributed by atoms with van der Waals surface area (Å²) in [5, 5.41) is 39.3. The standard InChI is InChI=1S/C22H38O8/c23-17(24)11-7-3-1-5-9-13-21(27)15-29-20-19(21)30-16-22(20,28)14-10-6-2-4-8-12-18(25)26/h19-20,27-28H,1-16H2,(H,23,24)(H,25,26)/t19-,20-,21-,22+/m0/s1. The Kier molecular flexibility index (Phi) is 10.0. The van der Waals surface area contributed by atoms with E-state index in [0.29, 0.717) is 25.7 Å². The van der Waals surface area contributed by atoms with Crippen molar-refractivity contribution in [3.05, 3.63) is 0 Å². The lowest BCUT2D eigenvalue weighted by Crippen LogP contribution is -2.47. The zero-order valence-electron chi connectivity index (χ0n) is 17.9. The summed E-state index contributed by atoms with van der Waals surface area (Å²) in [6, 6.07) is 0. The highest BCUT2D eigenvalue weighted by molar-refractivity contribution is 5.66. The first kappa shape index (κ1) is 25.0. The molecule has 0 saturated carbocycles. The van der Waals surface area contributed by atoms with Crippen LogP contribution >= 0.6 is 0 Å². The smallest absolute Gasteiger partial charge is 0.303 e. The molecule has 2 rings (SSSR count). The molecule has 0 bridgehead atoms. The van der Waals surface area contributed by atoms with Crippen molar-refractivity contribution >= 4 is 11.9 Å². The van der Waals surface area contributed by atoms with Gasteiger partial charge in [0.25, 0.3) is 0 Å². The molecule has 174 valence electrons. The minimum atomic E-state index is -1.08. The van der Waals surface area contributed by atoms with Gasteiger partial charge in [-0.05, 0) is 25.7 Å². The molecule has 0 radical (unpaired) electrons. The van der Waals surface area contributed by atoms with E-state index in [9.17, 15) is 19.8 Å². The largest absolute Gasteiger partial charge is 0.481 e. The van der Waals surface area contributed by atoms with Gasteiger partial charge in [-0.3, -0.25) is 9.59 Å². The summed E-state index contributed by atoms with van der Waals surface area (Å²) >= 11 is 0. The van der Waals surface area contributed by atoms with Crippen LogP contribution in [-0.4, -0.2) is 69.0 Å². The van der Waals surface area contributed by atoms with Crippen molar-refractivity contribution in [2.45, 2.75) is 113 Å². The Hall–Kier alpha value is -1.22. The Balaban J connectivity index is 1.64. The highest BCUT2D eigenvalue weighted by Gasteiger charge is 2.61. The van der Waals surface area contributed by atoms with E-state index >= 15 is 0 Å². The van der Waals surface area contributed by atoms with E-state index in [1.165, 1.54) is 0 Å². The van der Waals surface area contributed by atoms with Gasteiger partial charge in [0, 0.05) is 12.8 Å². The van der Waals surface area contributed by atoms with E-state index in [1.54, 1.807) is 0 Å². The van der Waals surface area contributed by atoms with Gasteiger partial charge in [-0.25, -0.2) is 0 Å². The molecule has 30 heavy (non-hydrogen) atoms. The molecule has 0 aromatic heterocycles. The Morgan fingerprint density at radius 3 is 1.33 bits per heavy atom. The van der Waals surface area contributed by atoms with Gasteiger partial charge in [0.05, 0.1) is 13.2 Å². The number of carboxylic acid groups (broad SMARTS) is 2. The highest BCUT2D eigenvalue weighted by Crippen LogP contribution is 2.43. The van der Waals surface area contributed by atoms with E-state index in [-0.39, 0.29) is 26.1 Å². The first-order valence-electron chi connectivity index (χ1n) is 11.4. The van der Waals surface area contributed by atoms with Crippen LogP contribution in [0.5, 0.6) is 0 Å². The summed E-state index contributed by atoms with van der Waals surface area (Å²) in [5.74, 6) is -1.52. The molecule has 2 saturated heterocycles. The van der Waals surface area contributed by atoms with Gasteiger partial charge in [0.2, 0.25) is 0 Å². The summed E-state index contributed by atoms with van der Waals surface area (Å²) in [5.41, 5.74) is -2.15. The fraction of sp³-hybridized carbons (Fsp3) is 0.909. The van der Waals surface area contributed by atoms with Gasteiger partial charge in [0.15, 0.2) is 0 Å². The molecule has 2 heterocycles. The van der Waals surface area contributed by atoms with Crippen molar-refractivity contribution in [2.24, 2.45) is 0 Å². The molecule has 4 atom stereocenters. The zero-order chi connectivity index (χ0) is 22.0. The Morgan fingerprint density at radius 1 is 0.633 bits per heavy atom. The van der Waals surface area contributed by atoms with Gasteiger partial charge >= 0.3 is 11.9 Å². The zero-order valence-corrected chi connectivity index (χ0v) is 17.9. The molecule has 2 aliphatic heterocycles. The molecule has 2 aliphatic rings. The maximum Gasteiger partial charge on any atom is 0.303 e. The molecule has 4 N–H and O–H groups in total. The fourth-order valence-corrected chi connectivity index (χ4v) is 4.59. The van der Waals surface area contributed by atoms with E-state index in [0.717, 1.165) is 51.4 Å². The van der Waals surface area contributed by atoms with Crippen molar-refractivity contribution in [3.8, 4) is 0 Å². The van der Waals surface area contributed by atoms with E-state index in [4.69, 9.17) is 19.7 Å². The first-order valence-corrected chi connectivity index (χ1v) is 11.4. The number of aliphatic hydroxyl groups is 2. The molecular formula is C22H38O8. The van der Waals surface area contributed by atoms with Crippen LogP contribution in [0.3, 0.4) is 0 Å². The number of fused-ring (bicyclic) bond motifs is 1. The van der Waals surface area contributed by atoms with Crippen LogP contribution in [0.25, 0.3) is 0 Å². The van der Waals surface area contributed by atoms with Gasteiger partial charge < -0.3 is 29.9 Å². The summed E-state index contributed by atoms with van der Waals surface area (Å²) in [6.45, 7) is 0.331. The Bertz CT molecular complexity index is 505. The first-order chi connectivity index (χ1) is 14.3. The number of unbranched alkanes of at least 4 members (excludes halogenated alkanes) is 8. The monoisotopic (exact) mass is 430 g/mol. The van der Waals surface area contributed by atoms with Crippen molar-refractivity contribution < 1.29 is 39.5 Å². The quantitative estimate of drug-likeness (QED) is 0.275. The number of carbonyl (C=O) groups is 2. The average Bonchev–Trinajstić information content (AvgIpc) is 3.19. The molecule has 0 amide bonds. The Labute approximate surface area is 178 Å². The summed E-state index contributed by atoms with van der Waals surface area (Å²) in [7, 11) is 0. The number of hydrogen-bond acceptors (Lipinski definition) is 6. The third-order valence-corrected chi connectivity index (χ3v) is 6.36. The summed E-state index contributed by atoms with van der Waals surface area (Å²) in [6.07, 6.45) is 8.96. The van der Waals surface area contributed by atoms with Crippen molar-refractivity contribution in [2.75, 3.05) is 13.2 Å². The topological polar surface area (TPSA) is 134 Å². The SMILES string of the molecule is O=C(O)CCCCCCC[C@@]1(O)CO[C@H]2[C@@H]1OC[C@@]2(O)CCCCCCCC(=O)O. The van der Waals surface area contributed by atoms with Crippen LogP contribution in [0.1, 0.15) is 89.9 Å². The van der Waals surface area contributed by atoms with Crippen molar-refractivity contribution in [1.82, 2.24) is 0 Å². The third kappa shape index (κ3) is 7.48. The molecule has 0 aliphatic carbocycles. The van der Waals surface area contributed by atoms with Gasteiger partial charge in [0.1, 0.15) is 23.4 Å². The average molecular weight is 431 g/mol. The Morgan fingerprint density at radius 2 is 0.967 bits per heavy atom. The molecule has 0 aromatic carbocycles. The van der Waals surface area contributed by atoms with Crippen LogP contribution in [-0.2, 0) is 19.1 Å². The number of carboxylic acids is 2. The van der Waals surface area contributed by atoms with E-state index in [2.05, 4.69) is 0 Å². The summed E-state index contributed by atoms with van der Waals surface area (Å²) < 4.78 is 11.6. The number of hydrogen-bond donors (Lipinski definition) is 4. The minimum Gasteiger partial charge on any atom is -0.481 e. The van der Waals surface area contributed by atoms with Crippen molar-refractivity contribution in [3.63, 3.8) is 0 Å². The van der Waals surface area contributed by atoms with Crippen LogP contribution in [0.2, 0.25) is 0 Å². The molecule has 0 unspecified atom stereocenters. The lowest BCUT2D eigenvalue weighted by molar-refractivity contribution is -0.138. The second kappa shape index (κ2) is 12.0. The molecular weight excluding hydrogens is 392 g/mol. The van der Waals surface area contributed by atoms with Gasteiger partial charge in [-0.15, -0.1) is 0 Å². The number of ether oxygens (including phenoxy) is 2. The number of rotatable bonds is 16. The van der Waals surface area contributed by atoms with Crippen LogP contribution in [0, 0.1) is 0 Å². The predicted octanol–water partition coefficient (Wildman–Crippen LogP) is 2.88. The van der Waals surface area contributed by atoms with Crippen LogP contribution < -0.4 is 0 Å². The highest BCUT2D eigenvalue weighted by atomic mass is 16.6. The second-order valence-corrected chi connectivity index (χ2v) is 8.99. The van der Waals surface area contributed by atoms with E-state index < -0.39 is 35.3 Å². The second-order valence-electron chi connectivity index (χ2n) is 8.99. The maximum absolute atomic E-state index is 11.0. The molecule has 2 fully saturated rings. The number of aliphatic carboxylic acids is 2. The van der Waals surface area contributed by atoms with Gasteiger partial charge in [-0.2, -0.15) is 0 Å². The lowest BCUT2D eigenvalue weighted by atomic mass is 9.84. The lowest BCUT2D eigenvalue weighted by Gasteiger charge is -2.28. The minimum absolute atomic E-state index is 0.166. The van der Waals surface area contributed by atoms with Crippen LogP contribution in [0.4, 0.5) is 0 Å². The predicted molar refractivity (Wildman–Crippen MR) is 109 cm³/mol. The van der Waals surface area contributed by atoms with Crippen molar-refractivity contribution in [1.29, 1.82) is 0 Å². The third-order valence-electron chi connectivity index (χ3n) is 6.36. The fourth-order valence-electron chi connectivity index (χ4n) is 4.59. The van der Waals surface area contributed by atoms with Gasteiger partial charge in [-0.1, -0.05) is 51.4 Å². The molecule has 8 nitrogen and oxygen atoms in total.